The average molecular weight is 519 g/mol. The molecule has 7 nitrogen and oxygen atoms in total. The molecule has 1 aliphatic heterocycles. The second-order valence-electron chi connectivity index (χ2n) is 10.7. The lowest BCUT2D eigenvalue weighted by Gasteiger charge is -2.29. The largest absolute Gasteiger partial charge is 0.458 e. The van der Waals surface area contributed by atoms with E-state index in [9.17, 15) is 19.2 Å². The number of hydrogen-bond donors (Lipinski definition) is 1. The van der Waals surface area contributed by atoms with Crippen LogP contribution in [0.2, 0.25) is 0 Å². The van der Waals surface area contributed by atoms with E-state index in [1.54, 1.807) is 56.9 Å². The Morgan fingerprint density at radius 2 is 1.66 bits per heavy atom. The van der Waals surface area contributed by atoms with Crippen LogP contribution in [0.25, 0.3) is 6.08 Å². The molecule has 2 aromatic rings. The maximum absolute atomic E-state index is 13.4. The minimum atomic E-state index is -0.793. The van der Waals surface area contributed by atoms with E-state index < -0.39 is 29.6 Å². The monoisotopic (exact) mass is 518 g/mol. The van der Waals surface area contributed by atoms with Gasteiger partial charge in [0.05, 0.1) is 6.04 Å². The number of nitrogens with zero attached hydrogens (tertiary/aromatic N) is 1. The van der Waals surface area contributed by atoms with Crippen LogP contribution in [-0.4, -0.2) is 52.7 Å². The Kier molecular flexibility index (Phi) is 9.99. The molecule has 2 aromatic carbocycles. The smallest absolute Gasteiger partial charge is 0.329 e. The summed E-state index contributed by atoms with van der Waals surface area (Å²) in [6, 6.07) is 17.0. The molecule has 2 unspecified atom stereocenters. The molecule has 0 spiro atoms. The summed E-state index contributed by atoms with van der Waals surface area (Å²) in [4.78, 5) is 53.7. The fraction of sp³-hybridized carbons (Fsp3) is 0.419. The number of amides is 2. The Hall–Kier alpha value is -3.74. The highest BCUT2D eigenvalue weighted by Gasteiger charge is 2.39. The molecular formula is C31H38N2O5. The Balaban J connectivity index is 1.69. The fourth-order valence-corrected chi connectivity index (χ4v) is 4.47. The molecule has 38 heavy (non-hydrogen) atoms. The number of esters is 1. The third-order valence-corrected chi connectivity index (χ3v) is 6.36. The van der Waals surface area contributed by atoms with Gasteiger partial charge < -0.3 is 15.0 Å². The van der Waals surface area contributed by atoms with Gasteiger partial charge in [0.15, 0.2) is 5.78 Å². The van der Waals surface area contributed by atoms with Gasteiger partial charge in [0.2, 0.25) is 5.91 Å². The molecular weight excluding hydrogens is 480 g/mol. The van der Waals surface area contributed by atoms with Crippen LogP contribution in [0.1, 0.15) is 69.3 Å². The molecule has 3 rings (SSSR count). The van der Waals surface area contributed by atoms with Gasteiger partial charge in [-0.25, -0.2) is 4.79 Å². The molecule has 3 atom stereocenters. The molecule has 0 radical (unpaired) electrons. The summed E-state index contributed by atoms with van der Waals surface area (Å²) in [5.41, 5.74) is 0.797. The van der Waals surface area contributed by atoms with E-state index in [0.717, 1.165) is 5.56 Å². The average Bonchev–Trinajstić information content (AvgIpc) is 3.38. The van der Waals surface area contributed by atoms with E-state index in [0.29, 0.717) is 24.9 Å². The fourth-order valence-electron chi connectivity index (χ4n) is 4.47. The molecule has 0 saturated carbocycles. The molecule has 1 fully saturated rings. The number of rotatable bonds is 10. The second-order valence-corrected chi connectivity index (χ2v) is 10.7. The molecule has 1 heterocycles. The summed E-state index contributed by atoms with van der Waals surface area (Å²) in [5, 5.41) is 2.85. The summed E-state index contributed by atoms with van der Waals surface area (Å²) < 4.78 is 5.51. The van der Waals surface area contributed by atoms with Gasteiger partial charge >= 0.3 is 5.97 Å². The lowest BCUT2D eigenvalue weighted by atomic mass is 9.96. The van der Waals surface area contributed by atoms with Gasteiger partial charge in [0, 0.05) is 24.4 Å². The number of Topliss-reactive ketones (excluding diaryl/α,β-unsaturated/α-hetero) is 1. The summed E-state index contributed by atoms with van der Waals surface area (Å²) in [6.45, 7) is 7.53. The van der Waals surface area contributed by atoms with Gasteiger partial charge in [-0.1, -0.05) is 67.6 Å². The first-order valence-electron chi connectivity index (χ1n) is 13.2. The Bertz CT molecular complexity index is 1140. The lowest BCUT2D eigenvalue weighted by molar-refractivity contribution is -0.163. The van der Waals surface area contributed by atoms with Crippen molar-refractivity contribution in [2.75, 3.05) is 6.54 Å². The molecule has 1 N–H and O–H groups in total. The zero-order valence-corrected chi connectivity index (χ0v) is 22.7. The van der Waals surface area contributed by atoms with E-state index in [4.69, 9.17) is 4.74 Å². The molecule has 0 aromatic heterocycles. The van der Waals surface area contributed by atoms with Crippen LogP contribution in [-0.2, 0) is 19.1 Å². The summed E-state index contributed by atoms with van der Waals surface area (Å²) in [7, 11) is 0. The molecule has 202 valence electrons. The number of carbonyl (C=O) groups excluding carboxylic acids is 4. The second kappa shape index (κ2) is 13.2. The number of likely N-dealkylation sites (tertiary alicyclic amines) is 1. The SMILES string of the molecule is CC(CC(=O)C(CC=Cc1ccccc1)NC(=O)c1ccccc1)C(=O)N1CCC[C@H]1C(=O)OC(C)(C)C. The summed E-state index contributed by atoms with van der Waals surface area (Å²) in [5.74, 6) is -1.89. The first-order chi connectivity index (χ1) is 18.0. The van der Waals surface area contributed by atoms with Crippen molar-refractivity contribution >= 4 is 29.6 Å². The van der Waals surface area contributed by atoms with E-state index in [1.807, 2.05) is 48.6 Å². The minimum Gasteiger partial charge on any atom is -0.458 e. The van der Waals surface area contributed by atoms with Crippen molar-refractivity contribution in [3.05, 3.63) is 77.9 Å². The number of ether oxygens (including phenoxy) is 1. The topological polar surface area (TPSA) is 92.8 Å². The quantitative estimate of drug-likeness (QED) is 0.456. The maximum atomic E-state index is 13.4. The number of hydrogen-bond acceptors (Lipinski definition) is 5. The Morgan fingerprint density at radius 1 is 1.03 bits per heavy atom. The minimum absolute atomic E-state index is 0.0463. The number of carbonyl (C=O) groups is 4. The van der Waals surface area contributed by atoms with Crippen molar-refractivity contribution in [1.82, 2.24) is 10.2 Å². The van der Waals surface area contributed by atoms with Gasteiger partial charge in [-0.05, 0) is 57.7 Å². The number of benzene rings is 2. The standard InChI is InChI=1S/C31H38N2O5/c1-22(29(36)33-20-12-19-26(33)30(37)38-31(2,3)4)21-27(34)25(18-11-15-23-13-7-5-8-14-23)32-28(35)24-16-9-6-10-17-24/h5-11,13-17,22,25-26H,12,18-21H2,1-4H3,(H,32,35)/t22?,25?,26-/m0/s1. The van der Waals surface area contributed by atoms with E-state index in [1.165, 1.54) is 0 Å². The van der Waals surface area contributed by atoms with Gasteiger partial charge in [0.1, 0.15) is 11.6 Å². The van der Waals surface area contributed by atoms with Gasteiger partial charge in [0.25, 0.3) is 5.91 Å². The van der Waals surface area contributed by atoms with Crippen molar-refractivity contribution in [2.24, 2.45) is 5.92 Å². The molecule has 1 saturated heterocycles. The van der Waals surface area contributed by atoms with Gasteiger partial charge in [-0.2, -0.15) is 0 Å². The predicted octanol–water partition coefficient (Wildman–Crippen LogP) is 4.82. The molecule has 7 heteroatoms. The third-order valence-electron chi connectivity index (χ3n) is 6.36. The van der Waals surface area contributed by atoms with Gasteiger partial charge in [-0.15, -0.1) is 0 Å². The van der Waals surface area contributed by atoms with Crippen LogP contribution >= 0.6 is 0 Å². The first kappa shape index (κ1) is 28.8. The Labute approximate surface area is 225 Å². The van der Waals surface area contributed by atoms with Gasteiger partial charge in [-0.3, -0.25) is 14.4 Å². The van der Waals surface area contributed by atoms with Crippen LogP contribution in [0.3, 0.4) is 0 Å². The van der Waals surface area contributed by atoms with E-state index in [2.05, 4.69) is 5.32 Å². The molecule has 0 aliphatic carbocycles. The summed E-state index contributed by atoms with van der Waals surface area (Å²) in [6.07, 6.45) is 5.25. The van der Waals surface area contributed by atoms with Crippen molar-refractivity contribution in [2.45, 2.75) is 71.1 Å². The Morgan fingerprint density at radius 3 is 2.29 bits per heavy atom. The van der Waals surface area contributed by atoms with Crippen molar-refractivity contribution in [1.29, 1.82) is 0 Å². The molecule has 0 bridgehead atoms. The zero-order valence-electron chi connectivity index (χ0n) is 22.7. The van der Waals surface area contributed by atoms with Crippen LogP contribution < -0.4 is 5.32 Å². The van der Waals surface area contributed by atoms with Crippen molar-refractivity contribution < 1.29 is 23.9 Å². The summed E-state index contributed by atoms with van der Waals surface area (Å²) >= 11 is 0. The van der Waals surface area contributed by atoms with Crippen LogP contribution in [0.15, 0.2) is 66.7 Å². The highest BCUT2D eigenvalue weighted by atomic mass is 16.6. The first-order valence-corrected chi connectivity index (χ1v) is 13.2. The highest BCUT2D eigenvalue weighted by molar-refractivity contribution is 5.99. The molecule has 2 amide bonds. The van der Waals surface area contributed by atoms with E-state index >= 15 is 0 Å². The molecule has 1 aliphatic rings. The highest BCUT2D eigenvalue weighted by Crippen LogP contribution is 2.24. The van der Waals surface area contributed by atoms with Crippen LogP contribution in [0, 0.1) is 5.92 Å². The third kappa shape index (κ3) is 8.40. The number of ketones is 1. The predicted molar refractivity (Wildman–Crippen MR) is 147 cm³/mol. The normalized spacial score (nSPS) is 17.2. The van der Waals surface area contributed by atoms with Crippen molar-refractivity contribution in [3.63, 3.8) is 0 Å². The van der Waals surface area contributed by atoms with Crippen LogP contribution in [0.4, 0.5) is 0 Å². The lowest BCUT2D eigenvalue weighted by Crippen LogP contribution is -2.47. The van der Waals surface area contributed by atoms with Crippen LogP contribution in [0.5, 0.6) is 0 Å². The zero-order chi connectivity index (χ0) is 27.7. The van der Waals surface area contributed by atoms with Crippen molar-refractivity contribution in [3.8, 4) is 0 Å². The number of nitrogens with one attached hydrogen (secondary N) is 1. The maximum Gasteiger partial charge on any atom is 0.329 e. The van der Waals surface area contributed by atoms with E-state index in [-0.39, 0.29) is 30.4 Å².